The number of hydrogen-bond acceptors (Lipinski definition) is 4. The average molecular weight is 386 g/mol. The van der Waals surface area contributed by atoms with E-state index in [1.165, 1.54) is 25.3 Å². The summed E-state index contributed by atoms with van der Waals surface area (Å²) in [6.07, 6.45) is 0. The van der Waals surface area contributed by atoms with Gasteiger partial charge in [0.1, 0.15) is 0 Å². The molecule has 2 aromatic carbocycles. The maximum atomic E-state index is 10.0. The van der Waals surface area contributed by atoms with Crippen LogP contribution in [0.1, 0.15) is 36.5 Å². The van der Waals surface area contributed by atoms with E-state index in [4.69, 9.17) is 9.47 Å². The summed E-state index contributed by atoms with van der Waals surface area (Å²) >= 11 is 0. The van der Waals surface area contributed by atoms with E-state index in [0.717, 1.165) is 24.6 Å². The standard InChI is InChI=1S/C22H31N3O3/c1-6-23-22(24-13-16(3)18-9-7-15(2)8-10-18)25-14-17-11-19(27-4)21(26)20(12-17)28-5/h7-12,16,26H,6,13-14H2,1-5H3,(H2,23,24,25). The van der Waals surface area contributed by atoms with Gasteiger partial charge in [-0.2, -0.15) is 0 Å². The predicted molar refractivity (Wildman–Crippen MR) is 114 cm³/mol. The van der Waals surface area contributed by atoms with Gasteiger partial charge in [-0.25, -0.2) is 4.99 Å². The van der Waals surface area contributed by atoms with Gasteiger partial charge >= 0.3 is 0 Å². The van der Waals surface area contributed by atoms with E-state index in [1.54, 1.807) is 12.1 Å². The summed E-state index contributed by atoms with van der Waals surface area (Å²) in [4.78, 5) is 4.65. The SMILES string of the molecule is CCNC(=NCc1cc(OC)c(O)c(OC)c1)NCC(C)c1ccc(C)cc1. The average Bonchev–Trinajstić information content (AvgIpc) is 2.71. The molecule has 2 rings (SSSR count). The van der Waals surface area contributed by atoms with E-state index >= 15 is 0 Å². The lowest BCUT2D eigenvalue weighted by Crippen LogP contribution is -2.39. The summed E-state index contributed by atoms with van der Waals surface area (Å²) in [6.45, 7) is 8.30. The van der Waals surface area contributed by atoms with Crippen LogP contribution >= 0.6 is 0 Å². The van der Waals surface area contributed by atoms with Gasteiger partial charge in [-0.05, 0) is 43.0 Å². The van der Waals surface area contributed by atoms with Gasteiger partial charge < -0.3 is 25.2 Å². The van der Waals surface area contributed by atoms with Crippen LogP contribution in [0.4, 0.5) is 0 Å². The molecule has 0 aliphatic heterocycles. The number of benzene rings is 2. The first-order chi connectivity index (χ1) is 13.5. The summed E-state index contributed by atoms with van der Waals surface area (Å²) < 4.78 is 10.4. The number of aromatic hydroxyl groups is 1. The Balaban J connectivity index is 2.06. The summed E-state index contributed by atoms with van der Waals surface area (Å²) in [6, 6.07) is 12.1. The fourth-order valence-electron chi connectivity index (χ4n) is 2.81. The van der Waals surface area contributed by atoms with Crippen LogP contribution in [-0.4, -0.2) is 38.4 Å². The van der Waals surface area contributed by atoms with Crippen LogP contribution in [0.15, 0.2) is 41.4 Å². The number of nitrogens with one attached hydrogen (secondary N) is 2. The molecule has 0 amide bonds. The number of guanidine groups is 1. The van der Waals surface area contributed by atoms with Crippen LogP contribution in [0.25, 0.3) is 0 Å². The molecule has 6 heteroatoms. The van der Waals surface area contributed by atoms with Crippen molar-refractivity contribution < 1.29 is 14.6 Å². The fraction of sp³-hybridized carbons (Fsp3) is 0.409. The third-order valence-electron chi connectivity index (χ3n) is 4.53. The van der Waals surface area contributed by atoms with Gasteiger partial charge in [0.05, 0.1) is 20.8 Å². The normalized spacial score (nSPS) is 12.4. The van der Waals surface area contributed by atoms with Crippen molar-refractivity contribution in [2.45, 2.75) is 33.2 Å². The van der Waals surface area contributed by atoms with E-state index in [0.29, 0.717) is 24.0 Å². The molecule has 0 saturated carbocycles. The largest absolute Gasteiger partial charge is 0.502 e. The van der Waals surface area contributed by atoms with E-state index in [-0.39, 0.29) is 5.75 Å². The van der Waals surface area contributed by atoms with Gasteiger partial charge in [0.15, 0.2) is 17.5 Å². The quantitative estimate of drug-likeness (QED) is 0.478. The van der Waals surface area contributed by atoms with Gasteiger partial charge in [0.25, 0.3) is 0 Å². The second kappa shape index (κ2) is 10.4. The maximum absolute atomic E-state index is 10.0. The first-order valence-electron chi connectivity index (χ1n) is 9.51. The number of rotatable bonds is 8. The molecule has 0 radical (unpaired) electrons. The highest BCUT2D eigenvalue weighted by Gasteiger charge is 2.11. The van der Waals surface area contributed by atoms with Gasteiger partial charge in [-0.15, -0.1) is 0 Å². The number of nitrogens with zero attached hydrogens (tertiary/aromatic N) is 1. The molecule has 152 valence electrons. The van der Waals surface area contributed by atoms with Crippen LogP contribution in [0.5, 0.6) is 17.2 Å². The van der Waals surface area contributed by atoms with E-state index in [1.807, 2.05) is 6.92 Å². The summed E-state index contributed by atoms with van der Waals surface area (Å²) in [7, 11) is 3.03. The van der Waals surface area contributed by atoms with E-state index in [2.05, 4.69) is 53.7 Å². The molecule has 1 unspecified atom stereocenters. The molecule has 0 saturated heterocycles. The molecule has 3 N–H and O–H groups in total. The molecule has 28 heavy (non-hydrogen) atoms. The van der Waals surface area contributed by atoms with Crippen molar-refractivity contribution in [2.24, 2.45) is 4.99 Å². The minimum atomic E-state index is -0.00492. The zero-order valence-electron chi connectivity index (χ0n) is 17.4. The Kier molecular flexibility index (Phi) is 7.99. The molecule has 1 atom stereocenters. The Morgan fingerprint density at radius 3 is 2.21 bits per heavy atom. The third kappa shape index (κ3) is 5.81. The van der Waals surface area contributed by atoms with Gasteiger partial charge in [-0.3, -0.25) is 0 Å². The molecule has 6 nitrogen and oxygen atoms in total. The smallest absolute Gasteiger partial charge is 0.200 e. The number of hydrogen-bond donors (Lipinski definition) is 3. The molecule has 0 fully saturated rings. The van der Waals surface area contributed by atoms with Gasteiger partial charge in [-0.1, -0.05) is 36.8 Å². The fourth-order valence-corrected chi connectivity index (χ4v) is 2.81. The van der Waals surface area contributed by atoms with Crippen LogP contribution in [-0.2, 0) is 6.54 Å². The Bertz CT molecular complexity index is 763. The number of phenols is 1. The maximum Gasteiger partial charge on any atom is 0.200 e. The molecule has 0 aromatic heterocycles. The van der Waals surface area contributed by atoms with Crippen LogP contribution < -0.4 is 20.1 Å². The van der Waals surface area contributed by atoms with Crippen LogP contribution in [0.3, 0.4) is 0 Å². The topological polar surface area (TPSA) is 75.1 Å². The number of methoxy groups -OCH3 is 2. The summed E-state index contributed by atoms with van der Waals surface area (Å²) in [5.41, 5.74) is 3.44. The van der Waals surface area contributed by atoms with Crippen LogP contribution in [0.2, 0.25) is 0 Å². The molecule has 2 aromatic rings. The second-order valence-electron chi connectivity index (χ2n) is 6.74. The van der Waals surface area contributed by atoms with Crippen molar-refractivity contribution in [3.05, 3.63) is 53.1 Å². The van der Waals surface area contributed by atoms with Crippen molar-refractivity contribution in [1.82, 2.24) is 10.6 Å². The first-order valence-corrected chi connectivity index (χ1v) is 9.51. The van der Waals surface area contributed by atoms with Crippen LogP contribution in [0, 0.1) is 6.92 Å². The number of aliphatic imine (C=N–C) groups is 1. The number of phenolic OH excluding ortho intramolecular Hbond substituents is 1. The third-order valence-corrected chi connectivity index (χ3v) is 4.53. The zero-order valence-corrected chi connectivity index (χ0v) is 17.4. The Hall–Kier alpha value is -2.89. The van der Waals surface area contributed by atoms with Crippen molar-refractivity contribution in [1.29, 1.82) is 0 Å². The molecular weight excluding hydrogens is 354 g/mol. The first kappa shape index (κ1) is 21.4. The van der Waals surface area contributed by atoms with E-state index in [9.17, 15) is 5.11 Å². The molecule has 0 heterocycles. The number of ether oxygens (including phenoxy) is 2. The summed E-state index contributed by atoms with van der Waals surface area (Å²) in [5, 5.41) is 16.7. The predicted octanol–water partition coefficient (Wildman–Crippen LogP) is 3.58. The zero-order chi connectivity index (χ0) is 20.5. The van der Waals surface area contributed by atoms with Crippen molar-refractivity contribution in [2.75, 3.05) is 27.3 Å². The second-order valence-corrected chi connectivity index (χ2v) is 6.74. The highest BCUT2D eigenvalue weighted by Crippen LogP contribution is 2.37. The minimum absolute atomic E-state index is 0.00492. The highest BCUT2D eigenvalue weighted by atomic mass is 16.5. The highest BCUT2D eigenvalue weighted by molar-refractivity contribution is 5.79. The monoisotopic (exact) mass is 385 g/mol. The lowest BCUT2D eigenvalue weighted by Gasteiger charge is -2.17. The van der Waals surface area contributed by atoms with E-state index < -0.39 is 0 Å². The molecule has 0 bridgehead atoms. The van der Waals surface area contributed by atoms with Crippen molar-refractivity contribution >= 4 is 5.96 Å². The molecule has 0 aliphatic carbocycles. The lowest BCUT2D eigenvalue weighted by atomic mass is 10.0. The lowest BCUT2D eigenvalue weighted by molar-refractivity contribution is 0.339. The Morgan fingerprint density at radius 1 is 1.07 bits per heavy atom. The van der Waals surface area contributed by atoms with Crippen molar-refractivity contribution in [3.8, 4) is 17.2 Å². The van der Waals surface area contributed by atoms with Crippen molar-refractivity contribution in [3.63, 3.8) is 0 Å². The molecule has 0 spiro atoms. The minimum Gasteiger partial charge on any atom is -0.502 e. The molecular formula is C22H31N3O3. The summed E-state index contributed by atoms with van der Waals surface area (Å²) in [5.74, 6) is 1.84. The number of aryl methyl sites for hydroxylation is 1. The molecule has 0 aliphatic rings. The Morgan fingerprint density at radius 2 is 1.68 bits per heavy atom. The van der Waals surface area contributed by atoms with Gasteiger partial charge in [0.2, 0.25) is 5.75 Å². The Labute approximate surface area is 167 Å². The van der Waals surface area contributed by atoms with Gasteiger partial charge in [0, 0.05) is 13.1 Å².